The molecule has 0 spiro atoms. The molecular weight excluding hydrogens is 751 g/mol. The Balaban J connectivity index is 0.000000184. The Bertz CT molecular complexity index is 1930. The number of aryl methyl sites for hydroxylation is 2. The molecule has 0 radical (unpaired) electrons. The number of halogens is 2. The van der Waals surface area contributed by atoms with E-state index in [1.165, 1.54) is 106 Å². The van der Waals surface area contributed by atoms with E-state index in [9.17, 15) is 0 Å². The van der Waals surface area contributed by atoms with Gasteiger partial charge in [0, 0.05) is 5.41 Å². The molecule has 1 unspecified atom stereocenters. The van der Waals surface area contributed by atoms with Crippen molar-refractivity contribution >= 4 is 15.4 Å². The Hall–Kier alpha value is -2.83. The van der Waals surface area contributed by atoms with Crippen molar-refractivity contribution in [2.75, 3.05) is 0 Å². The molecule has 52 heavy (non-hydrogen) atoms. The number of hydrogen-bond donors (Lipinski definition) is 0. The van der Waals surface area contributed by atoms with E-state index in [-0.39, 0.29) is 35.6 Å². The first-order chi connectivity index (χ1) is 23.6. The fourth-order valence-corrected chi connectivity index (χ4v) is 8.04. The monoisotopic (exact) mass is 800 g/mol. The topological polar surface area (TPSA) is 0 Å². The molecule has 0 heterocycles. The molecule has 0 fully saturated rings. The molecule has 0 N–H and O–H groups in total. The molecule has 0 amide bonds. The summed E-state index contributed by atoms with van der Waals surface area (Å²) >= 11 is 1.46. The van der Waals surface area contributed by atoms with Gasteiger partial charge in [0.25, 0.3) is 0 Å². The molecule has 1 atom stereocenters. The third kappa shape index (κ3) is 8.92. The molecular formula is C49H52Cl2Zr-2. The van der Waals surface area contributed by atoms with Crippen LogP contribution in [0, 0.1) is 37.3 Å². The molecule has 4 aliphatic carbocycles. The molecule has 4 aromatic rings. The van der Waals surface area contributed by atoms with Gasteiger partial charge in [-0.25, -0.2) is 12.2 Å². The van der Waals surface area contributed by atoms with Gasteiger partial charge in [0.15, 0.2) is 0 Å². The Labute approximate surface area is 341 Å². The van der Waals surface area contributed by atoms with Gasteiger partial charge < -0.3 is 24.8 Å². The average Bonchev–Trinajstić information content (AvgIpc) is 3.84. The van der Waals surface area contributed by atoms with Crippen LogP contribution in [0.4, 0.5) is 0 Å². The van der Waals surface area contributed by atoms with Gasteiger partial charge in [-0.05, 0) is 45.9 Å². The number of benzene rings is 4. The maximum atomic E-state index is 3.50. The van der Waals surface area contributed by atoms with Gasteiger partial charge in [-0.3, -0.25) is 12.2 Å². The minimum Gasteiger partial charge on any atom is -1.00 e. The molecule has 8 rings (SSSR count). The van der Waals surface area contributed by atoms with Crippen LogP contribution in [0.5, 0.6) is 0 Å². The van der Waals surface area contributed by atoms with E-state index < -0.39 is 0 Å². The predicted octanol–water partition coefficient (Wildman–Crippen LogP) is 6.45. The largest absolute Gasteiger partial charge is 1.00 e. The summed E-state index contributed by atoms with van der Waals surface area (Å²) in [6.45, 7) is 22.3. The van der Waals surface area contributed by atoms with Gasteiger partial charge >= 0.3 is 112 Å². The van der Waals surface area contributed by atoms with Crippen molar-refractivity contribution in [3.8, 4) is 11.1 Å². The van der Waals surface area contributed by atoms with Crippen molar-refractivity contribution in [2.24, 2.45) is 11.3 Å². The van der Waals surface area contributed by atoms with Crippen LogP contribution >= 0.6 is 0 Å². The molecule has 3 heteroatoms. The fourth-order valence-electron chi connectivity index (χ4n) is 7.22. The number of hydrogen-bond acceptors (Lipinski definition) is 0. The number of allylic oxidation sites excluding steroid dienone is 6. The number of rotatable bonds is 3. The summed E-state index contributed by atoms with van der Waals surface area (Å²) in [7, 11) is 0. The minimum absolute atomic E-state index is 0. The van der Waals surface area contributed by atoms with E-state index in [0.717, 1.165) is 6.42 Å². The molecule has 0 aliphatic heterocycles. The Morgan fingerprint density at radius 3 is 1.75 bits per heavy atom. The van der Waals surface area contributed by atoms with Gasteiger partial charge in [0.1, 0.15) is 0 Å². The van der Waals surface area contributed by atoms with Crippen molar-refractivity contribution in [3.05, 3.63) is 164 Å². The summed E-state index contributed by atoms with van der Waals surface area (Å²) in [5.41, 5.74) is 18.7. The summed E-state index contributed by atoms with van der Waals surface area (Å²) in [5.74, 6) is 0.573. The van der Waals surface area contributed by atoms with Crippen LogP contribution in [0.3, 0.4) is 0 Å². The molecule has 268 valence electrons. The van der Waals surface area contributed by atoms with Crippen molar-refractivity contribution in [2.45, 2.75) is 92.9 Å². The zero-order valence-electron chi connectivity index (χ0n) is 32.6. The van der Waals surface area contributed by atoms with Crippen molar-refractivity contribution in [3.63, 3.8) is 0 Å². The van der Waals surface area contributed by atoms with E-state index in [1.807, 2.05) is 0 Å². The van der Waals surface area contributed by atoms with E-state index in [1.54, 1.807) is 0 Å². The molecule has 0 bridgehead atoms. The van der Waals surface area contributed by atoms with Gasteiger partial charge in [-0.2, -0.15) is 17.2 Å². The second-order valence-corrected chi connectivity index (χ2v) is 17.9. The maximum Gasteiger partial charge on any atom is -1.00 e. The van der Waals surface area contributed by atoms with E-state index in [2.05, 4.69) is 185 Å². The second-order valence-electron chi connectivity index (χ2n) is 16.6. The van der Waals surface area contributed by atoms with Crippen molar-refractivity contribution in [1.82, 2.24) is 0 Å². The molecule has 4 aromatic carbocycles. The van der Waals surface area contributed by atoms with Crippen LogP contribution < -0.4 is 24.8 Å². The van der Waals surface area contributed by atoms with Crippen LogP contribution in [0.15, 0.2) is 96.6 Å². The SMILES string of the molecule is CC1(C)[C-]=Cc2cc3c(cc21)Cc1cc2c(cc1-3)C=CC2(C)C.CCC1[C-]=CC(C(C)(C)C)=C1.Cc1ccc([C](=[Zr+2])c2ccc(C)cc2)cc1.[Cl-].[Cl-]. The van der Waals surface area contributed by atoms with Crippen LogP contribution in [0.25, 0.3) is 23.3 Å². The quantitative estimate of drug-likeness (QED) is 0.184. The summed E-state index contributed by atoms with van der Waals surface area (Å²) in [5, 5.41) is 0. The average molecular weight is 803 g/mol. The third-order valence-corrected chi connectivity index (χ3v) is 12.1. The number of fused-ring (bicyclic) bond motifs is 5. The van der Waals surface area contributed by atoms with Crippen molar-refractivity contribution in [1.29, 1.82) is 0 Å². The van der Waals surface area contributed by atoms with Gasteiger partial charge in [0.05, 0.1) is 0 Å². The standard InChI is InChI=1S/C23H21.C15H14.C11H17.2ClH.Zr/c1-22(2)7-5-14-10-18-16(12-20(14)22)9-17-13-21-15(11-19(17)18)6-8-23(21,3)4;1-12-3-7-14(8-4-12)11-15-9-5-13(2)6-10-15;1-5-9-6-7-10(8-9)11(2,3)4;;;/h5-7,10-13H,9H2,1-4H3;3-10H,1-2H3;7-9H,5H2,1-4H3;2*1H;/q-1;;-1;;;+2/p-2. The fraction of sp³-hybridized carbons (Fsp3) is 0.327. The Kier molecular flexibility index (Phi) is 13.1. The first-order valence-corrected chi connectivity index (χ1v) is 19.5. The normalized spacial score (nSPS) is 17.2. The van der Waals surface area contributed by atoms with Gasteiger partial charge in [0.2, 0.25) is 0 Å². The zero-order chi connectivity index (χ0) is 36.0. The van der Waals surface area contributed by atoms with Crippen LogP contribution in [-0.4, -0.2) is 3.21 Å². The predicted molar refractivity (Wildman–Crippen MR) is 212 cm³/mol. The smallest absolute Gasteiger partial charge is 1.00 e. The van der Waals surface area contributed by atoms with E-state index in [4.69, 9.17) is 0 Å². The summed E-state index contributed by atoms with van der Waals surface area (Å²) < 4.78 is 1.42. The Morgan fingerprint density at radius 1 is 0.750 bits per heavy atom. The molecule has 0 saturated heterocycles. The van der Waals surface area contributed by atoms with Crippen LogP contribution in [-0.2, 0) is 41.5 Å². The first kappa shape index (κ1) is 41.9. The van der Waals surface area contributed by atoms with Gasteiger partial charge in [-0.15, -0.1) is 11.6 Å². The first-order valence-electron chi connectivity index (χ1n) is 18.3. The van der Waals surface area contributed by atoms with E-state index in [0.29, 0.717) is 11.3 Å². The maximum absolute atomic E-state index is 3.50. The van der Waals surface area contributed by atoms with E-state index >= 15 is 0 Å². The second kappa shape index (κ2) is 16.3. The third-order valence-electron chi connectivity index (χ3n) is 10.7. The Morgan fingerprint density at radius 2 is 1.27 bits per heavy atom. The zero-order valence-corrected chi connectivity index (χ0v) is 36.5. The molecule has 0 saturated carbocycles. The molecule has 0 nitrogen and oxygen atoms in total. The van der Waals surface area contributed by atoms with Gasteiger partial charge in [-0.1, -0.05) is 103 Å². The summed E-state index contributed by atoms with van der Waals surface area (Å²) in [4.78, 5) is 0. The summed E-state index contributed by atoms with van der Waals surface area (Å²) in [6.07, 6.45) is 20.4. The molecule has 0 aromatic heterocycles. The molecule has 4 aliphatic rings. The minimum atomic E-state index is 0. The van der Waals surface area contributed by atoms with Crippen molar-refractivity contribution < 1.29 is 49.0 Å². The van der Waals surface area contributed by atoms with Crippen LogP contribution in [0.1, 0.15) is 117 Å². The summed E-state index contributed by atoms with van der Waals surface area (Å²) in [6, 6.07) is 27.2. The van der Waals surface area contributed by atoms with Crippen LogP contribution in [0.2, 0.25) is 0 Å².